The number of ether oxygens (including phenoxy) is 2. The summed E-state index contributed by atoms with van der Waals surface area (Å²) >= 11 is 0. The lowest BCUT2D eigenvalue weighted by atomic mass is 10.3. The number of rotatable bonds is 5. The van der Waals surface area contributed by atoms with Crippen molar-refractivity contribution in [1.82, 2.24) is 20.2 Å². The molecule has 0 fully saturated rings. The third kappa shape index (κ3) is 3.51. The summed E-state index contributed by atoms with van der Waals surface area (Å²) in [6.07, 6.45) is 0. The van der Waals surface area contributed by atoms with Crippen molar-refractivity contribution in [3.63, 3.8) is 0 Å². The molecule has 110 valence electrons. The van der Waals surface area contributed by atoms with E-state index in [0.29, 0.717) is 5.82 Å². The van der Waals surface area contributed by atoms with Gasteiger partial charge in [0.15, 0.2) is 11.5 Å². The highest BCUT2D eigenvalue weighted by molar-refractivity contribution is 6.01. The number of hydrogen-bond acceptors (Lipinski definition) is 9. The zero-order valence-corrected chi connectivity index (χ0v) is 11.3. The number of nitrogen functional groups attached to an aromatic ring is 1. The van der Waals surface area contributed by atoms with Crippen molar-refractivity contribution in [1.29, 1.82) is 0 Å². The van der Waals surface area contributed by atoms with Crippen LogP contribution in [-0.4, -0.2) is 40.3 Å². The molecule has 4 N–H and O–H groups in total. The van der Waals surface area contributed by atoms with Gasteiger partial charge in [-0.25, -0.2) is 5.84 Å². The first kappa shape index (κ1) is 14.4. The van der Waals surface area contributed by atoms with Gasteiger partial charge in [-0.15, -0.1) is 10.2 Å². The summed E-state index contributed by atoms with van der Waals surface area (Å²) in [4.78, 5) is 19.9. The molecule has 0 saturated heterocycles. The van der Waals surface area contributed by atoms with E-state index in [-0.39, 0.29) is 23.4 Å². The Morgan fingerprint density at radius 3 is 2.29 bits per heavy atom. The van der Waals surface area contributed by atoms with Gasteiger partial charge in [-0.3, -0.25) is 10.1 Å². The smallest absolute Gasteiger partial charge is 0.278 e. The fraction of sp³-hybridized carbons (Fsp3) is 0.182. The number of hydrazine groups is 1. The van der Waals surface area contributed by atoms with E-state index < -0.39 is 5.91 Å². The number of hydrogen-bond donors (Lipinski definition) is 3. The van der Waals surface area contributed by atoms with Gasteiger partial charge in [0, 0.05) is 0 Å². The first-order valence-corrected chi connectivity index (χ1v) is 5.75. The van der Waals surface area contributed by atoms with Gasteiger partial charge >= 0.3 is 0 Å². The molecule has 0 radical (unpaired) electrons. The SMILES string of the molecule is COc1cc(OC)nc(NC(=O)c2ccc(NN)nn2)n1. The molecule has 2 aromatic heterocycles. The molecule has 0 aliphatic rings. The molecule has 2 heterocycles. The summed E-state index contributed by atoms with van der Waals surface area (Å²) < 4.78 is 9.96. The molecule has 0 spiro atoms. The van der Waals surface area contributed by atoms with Crippen LogP contribution in [0.15, 0.2) is 18.2 Å². The first-order chi connectivity index (χ1) is 10.2. The number of methoxy groups -OCH3 is 2. The predicted octanol–water partition coefficient (Wildman–Crippen LogP) is -0.178. The molecule has 0 aliphatic heterocycles. The van der Waals surface area contributed by atoms with Crippen molar-refractivity contribution in [3.05, 3.63) is 23.9 Å². The Morgan fingerprint density at radius 2 is 1.81 bits per heavy atom. The second kappa shape index (κ2) is 6.43. The Kier molecular flexibility index (Phi) is 4.41. The Hall–Kier alpha value is -3.01. The highest BCUT2D eigenvalue weighted by Crippen LogP contribution is 2.17. The van der Waals surface area contributed by atoms with E-state index in [1.807, 2.05) is 0 Å². The molecular formula is C11H13N7O3. The van der Waals surface area contributed by atoms with Crippen molar-refractivity contribution in [2.45, 2.75) is 0 Å². The molecule has 2 aromatic rings. The minimum Gasteiger partial charge on any atom is -0.481 e. The van der Waals surface area contributed by atoms with Crippen molar-refractivity contribution in [3.8, 4) is 11.8 Å². The maximum atomic E-state index is 12.0. The standard InChI is InChI=1S/C11H13N7O3/c1-20-8-5-9(21-2)14-11(13-8)15-10(19)6-3-4-7(16-12)18-17-6/h3-5H,12H2,1-2H3,(H,16,18)(H,13,14,15,19). The highest BCUT2D eigenvalue weighted by atomic mass is 16.5. The summed E-state index contributed by atoms with van der Waals surface area (Å²) in [6, 6.07) is 4.45. The zero-order valence-electron chi connectivity index (χ0n) is 11.3. The van der Waals surface area contributed by atoms with Crippen LogP contribution in [0.5, 0.6) is 11.8 Å². The van der Waals surface area contributed by atoms with E-state index in [1.165, 1.54) is 32.4 Å². The number of nitrogens with one attached hydrogen (secondary N) is 2. The third-order valence-electron chi connectivity index (χ3n) is 2.37. The van der Waals surface area contributed by atoms with Crippen molar-refractivity contribution in [2.24, 2.45) is 5.84 Å². The first-order valence-electron chi connectivity index (χ1n) is 5.75. The average molecular weight is 291 g/mol. The van der Waals surface area contributed by atoms with E-state index in [0.717, 1.165) is 0 Å². The van der Waals surface area contributed by atoms with E-state index in [2.05, 4.69) is 30.9 Å². The minimum atomic E-state index is -0.527. The topological polar surface area (TPSA) is 137 Å². The molecule has 21 heavy (non-hydrogen) atoms. The quantitative estimate of drug-likeness (QED) is 0.506. The summed E-state index contributed by atoms with van der Waals surface area (Å²) in [7, 11) is 2.88. The van der Waals surface area contributed by atoms with Crippen LogP contribution >= 0.6 is 0 Å². The Balaban J connectivity index is 2.18. The van der Waals surface area contributed by atoms with Gasteiger partial charge in [0.25, 0.3) is 5.91 Å². The molecule has 0 unspecified atom stereocenters. The molecular weight excluding hydrogens is 278 g/mol. The summed E-state index contributed by atoms with van der Waals surface area (Å²) in [5.41, 5.74) is 2.39. The largest absolute Gasteiger partial charge is 0.481 e. The highest BCUT2D eigenvalue weighted by Gasteiger charge is 2.12. The van der Waals surface area contributed by atoms with Crippen LogP contribution in [-0.2, 0) is 0 Å². The van der Waals surface area contributed by atoms with Gasteiger partial charge in [-0.05, 0) is 12.1 Å². The van der Waals surface area contributed by atoms with E-state index >= 15 is 0 Å². The van der Waals surface area contributed by atoms with Crippen LogP contribution in [0, 0.1) is 0 Å². The summed E-state index contributed by atoms with van der Waals surface area (Å²) in [5, 5.41) is 9.87. The monoisotopic (exact) mass is 291 g/mol. The molecule has 0 bridgehead atoms. The molecule has 0 aliphatic carbocycles. The van der Waals surface area contributed by atoms with Gasteiger partial charge in [0.1, 0.15) is 0 Å². The Morgan fingerprint density at radius 1 is 1.14 bits per heavy atom. The van der Waals surface area contributed by atoms with Crippen molar-refractivity contribution < 1.29 is 14.3 Å². The van der Waals surface area contributed by atoms with E-state index in [9.17, 15) is 4.79 Å². The second-order valence-electron chi connectivity index (χ2n) is 3.68. The van der Waals surface area contributed by atoms with Crippen LogP contribution in [0.3, 0.4) is 0 Å². The van der Waals surface area contributed by atoms with Gasteiger partial charge in [0.2, 0.25) is 17.7 Å². The van der Waals surface area contributed by atoms with Crippen LogP contribution in [0.4, 0.5) is 11.8 Å². The molecule has 1 amide bonds. The van der Waals surface area contributed by atoms with Crippen LogP contribution in [0.1, 0.15) is 10.5 Å². The maximum absolute atomic E-state index is 12.0. The number of carbonyl (C=O) groups excluding carboxylic acids is 1. The summed E-state index contributed by atoms with van der Waals surface area (Å²) in [6.45, 7) is 0. The van der Waals surface area contributed by atoms with E-state index in [1.54, 1.807) is 0 Å². The van der Waals surface area contributed by atoms with E-state index in [4.69, 9.17) is 15.3 Å². The lowest BCUT2D eigenvalue weighted by Crippen LogP contribution is -2.17. The maximum Gasteiger partial charge on any atom is 0.278 e. The van der Waals surface area contributed by atoms with Gasteiger partial charge < -0.3 is 14.9 Å². The van der Waals surface area contributed by atoms with Crippen LogP contribution in [0.2, 0.25) is 0 Å². The minimum absolute atomic E-state index is 0.0269. The average Bonchev–Trinajstić information content (AvgIpc) is 2.54. The van der Waals surface area contributed by atoms with Gasteiger partial charge in [0.05, 0.1) is 20.3 Å². The molecule has 10 nitrogen and oxygen atoms in total. The van der Waals surface area contributed by atoms with Crippen LogP contribution < -0.4 is 26.1 Å². The fourth-order valence-corrected chi connectivity index (χ4v) is 1.36. The number of nitrogens with two attached hydrogens (primary N) is 1. The second-order valence-corrected chi connectivity index (χ2v) is 3.68. The molecule has 2 rings (SSSR count). The molecule has 0 aromatic carbocycles. The molecule has 0 saturated carbocycles. The predicted molar refractivity (Wildman–Crippen MR) is 72.9 cm³/mol. The lowest BCUT2D eigenvalue weighted by molar-refractivity contribution is 0.102. The number of amides is 1. The van der Waals surface area contributed by atoms with Gasteiger partial charge in [-0.1, -0.05) is 0 Å². The lowest BCUT2D eigenvalue weighted by Gasteiger charge is -2.07. The molecule has 10 heteroatoms. The van der Waals surface area contributed by atoms with Gasteiger partial charge in [-0.2, -0.15) is 9.97 Å². The molecule has 0 atom stereocenters. The van der Waals surface area contributed by atoms with Crippen molar-refractivity contribution >= 4 is 17.7 Å². The normalized spacial score (nSPS) is 9.86. The Labute approximate surface area is 119 Å². The van der Waals surface area contributed by atoms with Crippen molar-refractivity contribution in [2.75, 3.05) is 25.0 Å². The number of anilines is 2. The number of carbonyl (C=O) groups is 1. The fourth-order valence-electron chi connectivity index (χ4n) is 1.36. The summed E-state index contributed by atoms with van der Waals surface area (Å²) in [5.74, 6) is 5.51. The van der Waals surface area contributed by atoms with Crippen LogP contribution in [0.25, 0.3) is 0 Å². The number of nitrogens with zero attached hydrogens (tertiary/aromatic N) is 4. The third-order valence-corrected chi connectivity index (χ3v) is 2.37. The number of aromatic nitrogens is 4. The zero-order chi connectivity index (χ0) is 15.2. The Bertz CT molecular complexity index is 610.